The van der Waals surface area contributed by atoms with Crippen LogP contribution >= 0.6 is 22.7 Å². The van der Waals surface area contributed by atoms with E-state index in [2.05, 4.69) is 21.3 Å². The topological polar surface area (TPSA) is 75.4 Å². The Labute approximate surface area is 160 Å². The van der Waals surface area contributed by atoms with Gasteiger partial charge in [0.15, 0.2) is 0 Å². The lowest BCUT2D eigenvalue weighted by atomic mass is 10.1. The third-order valence-corrected chi connectivity index (χ3v) is 6.51. The molecule has 0 radical (unpaired) electrons. The van der Waals surface area contributed by atoms with E-state index in [1.165, 1.54) is 11.3 Å². The zero-order chi connectivity index (χ0) is 18.3. The molecule has 1 fully saturated rings. The molecule has 136 valence electrons. The number of pyridine rings is 1. The molecule has 6 nitrogen and oxygen atoms in total. The molecule has 3 aromatic rings. The predicted octanol–water partition coefficient (Wildman–Crippen LogP) is 3.37. The van der Waals surface area contributed by atoms with Gasteiger partial charge >= 0.3 is 0 Å². The minimum Gasteiger partial charge on any atom is -0.397 e. The molecule has 2 N–H and O–H groups in total. The molecule has 1 saturated heterocycles. The molecule has 26 heavy (non-hydrogen) atoms. The first kappa shape index (κ1) is 17.4. The van der Waals surface area contributed by atoms with Gasteiger partial charge in [0.05, 0.1) is 28.6 Å². The fourth-order valence-electron chi connectivity index (χ4n) is 3.43. The van der Waals surface area contributed by atoms with Gasteiger partial charge in [-0.25, -0.2) is 9.97 Å². The van der Waals surface area contributed by atoms with Crippen molar-refractivity contribution in [2.75, 3.05) is 26.4 Å². The fourth-order valence-corrected chi connectivity index (χ4v) is 5.10. The number of hydrogen-bond donors (Lipinski definition) is 1. The molecular weight excluding hydrogens is 366 g/mol. The number of nitrogen functional groups attached to an aromatic ring is 1. The van der Waals surface area contributed by atoms with Crippen LogP contribution in [-0.4, -0.2) is 46.3 Å². The second-order valence-corrected chi connectivity index (χ2v) is 8.46. The molecule has 1 atom stereocenters. The third-order valence-electron chi connectivity index (χ3n) is 4.77. The highest BCUT2D eigenvalue weighted by Gasteiger charge is 2.28. The van der Waals surface area contributed by atoms with Crippen LogP contribution in [0.3, 0.4) is 0 Å². The van der Waals surface area contributed by atoms with Crippen molar-refractivity contribution in [3.8, 4) is 0 Å². The summed E-state index contributed by atoms with van der Waals surface area (Å²) in [5.74, 6) is -0.0712. The number of aromatic nitrogens is 2. The smallest absolute Gasteiger partial charge is 0.265 e. The average molecular weight is 388 g/mol. The van der Waals surface area contributed by atoms with E-state index in [4.69, 9.17) is 10.7 Å². The zero-order valence-corrected chi connectivity index (χ0v) is 16.4. The van der Waals surface area contributed by atoms with E-state index in [0.717, 1.165) is 47.5 Å². The summed E-state index contributed by atoms with van der Waals surface area (Å²) in [7, 11) is 3.47. The molecule has 0 aromatic carbocycles. The van der Waals surface area contributed by atoms with E-state index in [1.807, 2.05) is 11.6 Å². The highest BCUT2D eigenvalue weighted by molar-refractivity contribution is 7.21. The molecule has 1 amide bonds. The van der Waals surface area contributed by atoms with Crippen molar-refractivity contribution < 1.29 is 4.79 Å². The number of carbonyl (C=O) groups excluding carboxylic acids is 1. The molecule has 8 heteroatoms. The molecule has 0 saturated carbocycles. The number of anilines is 1. The van der Waals surface area contributed by atoms with Crippen molar-refractivity contribution in [2.24, 2.45) is 0 Å². The Balaban J connectivity index is 1.65. The molecule has 4 rings (SSSR count). The number of nitrogens with two attached hydrogens (primary N) is 1. The molecule has 1 unspecified atom stereocenters. The van der Waals surface area contributed by atoms with Crippen molar-refractivity contribution in [1.29, 1.82) is 0 Å². The van der Waals surface area contributed by atoms with Gasteiger partial charge in [0.25, 0.3) is 5.91 Å². The van der Waals surface area contributed by atoms with Crippen LogP contribution in [0.4, 0.5) is 5.69 Å². The van der Waals surface area contributed by atoms with Crippen LogP contribution < -0.4 is 5.73 Å². The normalized spacial score (nSPS) is 17.8. The Kier molecular flexibility index (Phi) is 4.64. The van der Waals surface area contributed by atoms with Crippen LogP contribution in [0.2, 0.25) is 0 Å². The van der Waals surface area contributed by atoms with Crippen LogP contribution in [0.5, 0.6) is 0 Å². The first-order chi connectivity index (χ1) is 12.5. The van der Waals surface area contributed by atoms with Crippen LogP contribution in [0.1, 0.15) is 39.9 Å². The number of carbonyl (C=O) groups is 1. The van der Waals surface area contributed by atoms with Crippen LogP contribution in [0.15, 0.2) is 23.0 Å². The molecule has 0 aliphatic carbocycles. The van der Waals surface area contributed by atoms with E-state index < -0.39 is 0 Å². The zero-order valence-electron chi connectivity index (χ0n) is 14.8. The summed E-state index contributed by atoms with van der Waals surface area (Å²) in [6, 6.07) is 4.35. The molecule has 1 aliphatic heterocycles. The SMILES string of the molecule is CN(C)C(=O)c1sc2nc(C3CCCN3Cc3cscn3)ccc2c1N. The van der Waals surface area contributed by atoms with Crippen LogP contribution in [-0.2, 0) is 6.54 Å². The number of likely N-dealkylation sites (tertiary alicyclic amines) is 1. The molecular formula is C18H21N5OS2. The summed E-state index contributed by atoms with van der Waals surface area (Å²) in [6.07, 6.45) is 2.25. The number of rotatable bonds is 4. The molecule has 0 spiro atoms. The number of nitrogens with zero attached hydrogens (tertiary/aromatic N) is 4. The van der Waals surface area contributed by atoms with E-state index in [0.29, 0.717) is 10.6 Å². The van der Waals surface area contributed by atoms with Crippen molar-refractivity contribution in [3.63, 3.8) is 0 Å². The Bertz CT molecular complexity index is 935. The summed E-state index contributed by atoms with van der Waals surface area (Å²) >= 11 is 3.01. The Morgan fingerprint density at radius 3 is 3.00 bits per heavy atom. The van der Waals surface area contributed by atoms with E-state index in [1.54, 1.807) is 30.3 Å². The third kappa shape index (κ3) is 3.08. The lowest BCUT2D eigenvalue weighted by molar-refractivity contribution is 0.0833. The summed E-state index contributed by atoms with van der Waals surface area (Å²) < 4.78 is 0. The van der Waals surface area contributed by atoms with Gasteiger partial charge < -0.3 is 10.6 Å². The predicted molar refractivity (Wildman–Crippen MR) is 107 cm³/mol. The van der Waals surface area contributed by atoms with E-state index >= 15 is 0 Å². The maximum Gasteiger partial charge on any atom is 0.265 e. The highest BCUT2D eigenvalue weighted by Crippen LogP contribution is 2.37. The summed E-state index contributed by atoms with van der Waals surface area (Å²) in [5, 5.41) is 2.97. The summed E-state index contributed by atoms with van der Waals surface area (Å²) in [6.45, 7) is 1.91. The second-order valence-electron chi connectivity index (χ2n) is 6.74. The van der Waals surface area contributed by atoms with Gasteiger partial charge in [-0.05, 0) is 31.5 Å². The number of thiophene rings is 1. The standard InChI is InChI=1S/C18H21N5OS2/c1-22(2)18(24)16-15(19)12-5-6-13(21-17(12)26-16)14-4-3-7-23(14)8-11-9-25-10-20-11/h5-6,9-10,14H,3-4,7-8,19H2,1-2H3. The summed E-state index contributed by atoms with van der Waals surface area (Å²) in [5.41, 5.74) is 10.8. The number of amides is 1. The van der Waals surface area contributed by atoms with Gasteiger partial charge in [0.1, 0.15) is 9.71 Å². The van der Waals surface area contributed by atoms with Gasteiger partial charge in [-0.1, -0.05) is 0 Å². The van der Waals surface area contributed by atoms with Gasteiger partial charge in [-0.3, -0.25) is 9.69 Å². The minimum atomic E-state index is -0.0712. The summed E-state index contributed by atoms with van der Waals surface area (Å²) in [4.78, 5) is 27.0. The highest BCUT2D eigenvalue weighted by atomic mass is 32.1. The lowest BCUT2D eigenvalue weighted by Crippen LogP contribution is -2.23. The molecule has 1 aliphatic rings. The first-order valence-electron chi connectivity index (χ1n) is 8.56. The second kappa shape index (κ2) is 6.94. The maximum atomic E-state index is 12.3. The van der Waals surface area contributed by atoms with E-state index in [9.17, 15) is 4.79 Å². The molecule has 3 aromatic heterocycles. The Morgan fingerprint density at radius 1 is 1.42 bits per heavy atom. The minimum absolute atomic E-state index is 0.0712. The number of hydrogen-bond acceptors (Lipinski definition) is 7. The van der Waals surface area contributed by atoms with Crippen molar-refractivity contribution in [2.45, 2.75) is 25.4 Å². The van der Waals surface area contributed by atoms with Gasteiger partial charge in [-0.15, -0.1) is 22.7 Å². The Morgan fingerprint density at radius 2 is 2.27 bits per heavy atom. The first-order valence-corrected chi connectivity index (χ1v) is 10.3. The maximum absolute atomic E-state index is 12.3. The number of fused-ring (bicyclic) bond motifs is 1. The molecule has 4 heterocycles. The van der Waals surface area contributed by atoms with Crippen LogP contribution in [0, 0.1) is 0 Å². The van der Waals surface area contributed by atoms with Gasteiger partial charge in [0, 0.05) is 31.4 Å². The van der Waals surface area contributed by atoms with E-state index in [-0.39, 0.29) is 11.9 Å². The monoisotopic (exact) mass is 387 g/mol. The van der Waals surface area contributed by atoms with Crippen molar-refractivity contribution >= 4 is 44.5 Å². The quantitative estimate of drug-likeness (QED) is 0.743. The Hall–Kier alpha value is -2.03. The average Bonchev–Trinajstić information content (AvgIpc) is 3.35. The van der Waals surface area contributed by atoms with Crippen LogP contribution in [0.25, 0.3) is 10.2 Å². The van der Waals surface area contributed by atoms with Gasteiger partial charge in [-0.2, -0.15) is 0 Å². The fraction of sp³-hybridized carbons (Fsp3) is 0.389. The largest absolute Gasteiger partial charge is 0.397 e. The van der Waals surface area contributed by atoms with Crippen molar-refractivity contribution in [1.82, 2.24) is 19.8 Å². The van der Waals surface area contributed by atoms with Crippen molar-refractivity contribution in [3.05, 3.63) is 39.3 Å². The molecule has 0 bridgehead atoms. The number of thiazole rings is 1. The lowest BCUT2D eigenvalue weighted by Gasteiger charge is -2.23. The van der Waals surface area contributed by atoms with Gasteiger partial charge in [0.2, 0.25) is 0 Å².